The standard InChI is InChI=1S/C16H17Cl2N3O3/c1-10-19-16(24-20-10)13-4-2-3-7-21(13)15(22)9-23-14-6-5-11(17)8-12(14)18/h5-6,8,13H,2-4,7,9H2,1H3/t13-/m1/s1. The molecule has 1 atom stereocenters. The first-order chi connectivity index (χ1) is 11.5. The topological polar surface area (TPSA) is 68.5 Å². The van der Waals surface area contributed by atoms with Crippen LogP contribution in [0.3, 0.4) is 0 Å². The lowest BCUT2D eigenvalue weighted by Crippen LogP contribution is -2.41. The van der Waals surface area contributed by atoms with Crippen LogP contribution in [0.15, 0.2) is 22.7 Å². The molecule has 0 saturated carbocycles. The maximum atomic E-state index is 12.6. The lowest BCUT2D eigenvalue weighted by molar-refractivity contribution is -0.138. The zero-order valence-corrected chi connectivity index (χ0v) is 14.7. The highest BCUT2D eigenvalue weighted by atomic mass is 35.5. The fourth-order valence-corrected chi connectivity index (χ4v) is 3.21. The van der Waals surface area contributed by atoms with Crippen molar-refractivity contribution < 1.29 is 14.1 Å². The van der Waals surface area contributed by atoms with E-state index in [1.54, 1.807) is 30.0 Å². The Bertz CT molecular complexity index is 735. The number of carbonyl (C=O) groups is 1. The van der Waals surface area contributed by atoms with Crippen molar-refractivity contribution in [2.24, 2.45) is 0 Å². The monoisotopic (exact) mass is 369 g/mol. The summed E-state index contributed by atoms with van der Waals surface area (Å²) in [5.41, 5.74) is 0. The van der Waals surface area contributed by atoms with Gasteiger partial charge in [0.1, 0.15) is 11.8 Å². The van der Waals surface area contributed by atoms with Crippen molar-refractivity contribution >= 4 is 29.1 Å². The zero-order valence-electron chi connectivity index (χ0n) is 13.2. The average Bonchev–Trinajstić information content (AvgIpc) is 3.00. The highest BCUT2D eigenvalue weighted by Crippen LogP contribution is 2.31. The van der Waals surface area contributed by atoms with Gasteiger partial charge >= 0.3 is 0 Å². The minimum atomic E-state index is -0.197. The number of hydrogen-bond donors (Lipinski definition) is 0. The van der Waals surface area contributed by atoms with E-state index in [2.05, 4.69) is 10.1 Å². The number of benzene rings is 1. The van der Waals surface area contributed by atoms with E-state index in [4.69, 9.17) is 32.5 Å². The van der Waals surface area contributed by atoms with Crippen LogP contribution in [0.1, 0.15) is 37.0 Å². The summed E-state index contributed by atoms with van der Waals surface area (Å²) in [6, 6.07) is 4.69. The Balaban J connectivity index is 1.68. The Morgan fingerprint density at radius 1 is 1.42 bits per heavy atom. The van der Waals surface area contributed by atoms with Gasteiger partial charge in [-0.3, -0.25) is 4.79 Å². The second kappa shape index (κ2) is 7.40. The van der Waals surface area contributed by atoms with Gasteiger partial charge in [-0.15, -0.1) is 0 Å². The van der Waals surface area contributed by atoms with Gasteiger partial charge < -0.3 is 14.2 Å². The fraction of sp³-hybridized carbons (Fsp3) is 0.438. The molecule has 1 aromatic carbocycles. The molecule has 1 aromatic heterocycles. The Morgan fingerprint density at radius 2 is 2.25 bits per heavy atom. The smallest absolute Gasteiger partial charge is 0.261 e. The predicted octanol–water partition coefficient (Wildman–Crippen LogP) is 3.82. The predicted molar refractivity (Wildman–Crippen MR) is 89.3 cm³/mol. The van der Waals surface area contributed by atoms with Crippen LogP contribution in [-0.4, -0.2) is 34.1 Å². The summed E-state index contributed by atoms with van der Waals surface area (Å²) in [5, 5.41) is 4.70. The molecule has 0 unspecified atom stereocenters. The van der Waals surface area contributed by atoms with Crippen LogP contribution in [0.2, 0.25) is 10.0 Å². The van der Waals surface area contributed by atoms with Crippen molar-refractivity contribution in [3.8, 4) is 5.75 Å². The molecular formula is C16H17Cl2N3O3. The maximum absolute atomic E-state index is 12.6. The third-order valence-electron chi connectivity index (χ3n) is 3.90. The zero-order chi connectivity index (χ0) is 17.1. The van der Waals surface area contributed by atoms with Crippen LogP contribution in [-0.2, 0) is 4.79 Å². The number of halogens is 2. The minimum Gasteiger partial charge on any atom is -0.482 e. The average molecular weight is 370 g/mol. The van der Waals surface area contributed by atoms with Gasteiger partial charge in [0.15, 0.2) is 12.4 Å². The number of aromatic nitrogens is 2. The van der Waals surface area contributed by atoms with Crippen LogP contribution in [0, 0.1) is 6.92 Å². The van der Waals surface area contributed by atoms with E-state index in [1.807, 2.05) is 0 Å². The molecule has 1 aliphatic rings. The van der Waals surface area contributed by atoms with E-state index in [9.17, 15) is 4.79 Å². The number of rotatable bonds is 4. The SMILES string of the molecule is Cc1noc([C@H]2CCCCN2C(=O)COc2ccc(Cl)cc2Cl)n1. The fourth-order valence-electron chi connectivity index (χ4n) is 2.75. The molecule has 2 aromatic rings. The largest absolute Gasteiger partial charge is 0.482 e. The Kier molecular flexibility index (Phi) is 5.26. The molecule has 0 N–H and O–H groups in total. The van der Waals surface area contributed by atoms with E-state index in [1.165, 1.54) is 0 Å². The molecule has 1 aliphatic heterocycles. The molecule has 24 heavy (non-hydrogen) atoms. The van der Waals surface area contributed by atoms with Crippen molar-refractivity contribution in [3.05, 3.63) is 40.0 Å². The number of hydrogen-bond acceptors (Lipinski definition) is 5. The molecule has 6 nitrogen and oxygen atoms in total. The number of ether oxygens (including phenoxy) is 1. The van der Waals surface area contributed by atoms with Gasteiger partial charge in [0, 0.05) is 11.6 Å². The van der Waals surface area contributed by atoms with Crippen molar-refractivity contribution in [3.63, 3.8) is 0 Å². The number of piperidine rings is 1. The first kappa shape index (κ1) is 17.0. The summed E-state index contributed by atoms with van der Waals surface area (Å²) in [5.74, 6) is 1.33. The van der Waals surface area contributed by atoms with Gasteiger partial charge in [0.2, 0.25) is 5.89 Å². The summed E-state index contributed by atoms with van der Waals surface area (Å²) in [7, 11) is 0. The number of amides is 1. The number of carbonyl (C=O) groups excluding carboxylic acids is 1. The minimum absolute atomic E-state index is 0.106. The first-order valence-electron chi connectivity index (χ1n) is 7.72. The Morgan fingerprint density at radius 3 is 2.96 bits per heavy atom. The number of nitrogens with zero attached hydrogens (tertiary/aromatic N) is 3. The first-order valence-corrected chi connectivity index (χ1v) is 8.47. The molecule has 0 bridgehead atoms. The molecule has 0 spiro atoms. The lowest BCUT2D eigenvalue weighted by atomic mass is 10.0. The van der Waals surface area contributed by atoms with Crippen LogP contribution in [0.4, 0.5) is 0 Å². The molecule has 0 aliphatic carbocycles. The second-order valence-electron chi connectivity index (χ2n) is 5.64. The highest BCUT2D eigenvalue weighted by Gasteiger charge is 2.32. The number of aryl methyl sites for hydroxylation is 1. The van der Waals surface area contributed by atoms with Crippen LogP contribution < -0.4 is 4.74 Å². The molecule has 1 saturated heterocycles. The van der Waals surface area contributed by atoms with Crippen molar-refractivity contribution in [1.82, 2.24) is 15.0 Å². The molecule has 128 valence electrons. The van der Waals surface area contributed by atoms with Crippen LogP contribution >= 0.6 is 23.2 Å². The highest BCUT2D eigenvalue weighted by molar-refractivity contribution is 6.35. The van der Waals surface area contributed by atoms with Crippen LogP contribution in [0.5, 0.6) is 5.75 Å². The Hall–Kier alpha value is -1.79. The summed E-state index contributed by atoms with van der Waals surface area (Å²) in [6.07, 6.45) is 2.76. The molecule has 8 heteroatoms. The molecule has 1 fully saturated rings. The summed E-state index contributed by atoms with van der Waals surface area (Å²) >= 11 is 11.9. The lowest BCUT2D eigenvalue weighted by Gasteiger charge is -2.33. The third kappa shape index (κ3) is 3.82. The van der Waals surface area contributed by atoms with Crippen molar-refractivity contribution in [2.75, 3.05) is 13.2 Å². The summed E-state index contributed by atoms with van der Waals surface area (Å²) < 4.78 is 10.8. The molecule has 1 amide bonds. The molecule has 3 rings (SSSR count). The van der Waals surface area contributed by atoms with Gasteiger partial charge in [-0.05, 0) is 44.4 Å². The van der Waals surface area contributed by atoms with Gasteiger partial charge in [0.05, 0.1) is 5.02 Å². The van der Waals surface area contributed by atoms with E-state index in [0.29, 0.717) is 34.1 Å². The number of likely N-dealkylation sites (tertiary alicyclic amines) is 1. The van der Waals surface area contributed by atoms with E-state index in [-0.39, 0.29) is 18.6 Å². The van der Waals surface area contributed by atoms with Gasteiger partial charge in [-0.25, -0.2) is 0 Å². The van der Waals surface area contributed by atoms with Crippen LogP contribution in [0.25, 0.3) is 0 Å². The molecule has 0 radical (unpaired) electrons. The van der Waals surface area contributed by atoms with Gasteiger partial charge in [-0.2, -0.15) is 4.98 Å². The normalized spacial score (nSPS) is 17.8. The van der Waals surface area contributed by atoms with Gasteiger partial charge in [-0.1, -0.05) is 28.4 Å². The van der Waals surface area contributed by atoms with E-state index in [0.717, 1.165) is 19.3 Å². The van der Waals surface area contributed by atoms with E-state index >= 15 is 0 Å². The van der Waals surface area contributed by atoms with E-state index < -0.39 is 0 Å². The van der Waals surface area contributed by atoms with Crippen molar-refractivity contribution in [2.45, 2.75) is 32.2 Å². The molecule has 2 heterocycles. The quantitative estimate of drug-likeness (QED) is 0.819. The van der Waals surface area contributed by atoms with Gasteiger partial charge in [0.25, 0.3) is 5.91 Å². The maximum Gasteiger partial charge on any atom is 0.261 e. The Labute approximate surface area is 149 Å². The third-order valence-corrected chi connectivity index (χ3v) is 4.43. The summed E-state index contributed by atoms with van der Waals surface area (Å²) in [6.45, 7) is 2.29. The molecular weight excluding hydrogens is 353 g/mol. The summed E-state index contributed by atoms with van der Waals surface area (Å²) in [4.78, 5) is 18.6. The van der Waals surface area contributed by atoms with Crippen molar-refractivity contribution in [1.29, 1.82) is 0 Å². The second-order valence-corrected chi connectivity index (χ2v) is 6.49.